The lowest BCUT2D eigenvalue weighted by molar-refractivity contribution is -0.119. The molecule has 0 aliphatic carbocycles. The Morgan fingerprint density at radius 1 is 1.07 bits per heavy atom. The Morgan fingerprint density at radius 2 is 1.81 bits per heavy atom. The van der Waals surface area contributed by atoms with Gasteiger partial charge in [-0.15, -0.1) is 11.3 Å². The van der Waals surface area contributed by atoms with E-state index in [1.807, 2.05) is 18.4 Å². The summed E-state index contributed by atoms with van der Waals surface area (Å²) in [6, 6.07) is 15.5. The molecule has 0 saturated carbocycles. The number of esters is 1. The number of anilines is 1. The average Bonchev–Trinajstić information content (AvgIpc) is 3.11. The van der Waals surface area contributed by atoms with Crippen molar-refractivity contribution in [3.8, 4) is 5.75 Å². The number of nitrogens with one attached hydrogen (secondary N) is 1. The summed E-state index contributed by atoms with van der Waals surface area (Å²) in [6.07, 6.45) is 0. The van der Waals surface area contributed by atoms with Crippen molar-refractivity contribution in [2.24, 2.45) is 0 Å². The van der Waals surface area contributed by atoms with Crippen molar-refractivity contribution in [2.75, 3.05) is 11.9 Å². The zero-order chi connectivity index (χ0) is 19.1. The maximum atomic E-state index is 12.0. The van der Waals surface area contributed by atoms with Gasteiger partial charge in [-0.05, 0) is 43.3 Å². The lowest BCUT2D eigenvalue weighted by atomic mass is 10.2. The van der Waals surface area contributed by atoms with E-state index in [0.29, 0.717) is 23.6 Å². The predicted octanol–water partition coefficient (Wildman–Crippen LogP) is 3.83. The van der Waals surface area contributed by atoms with Crippen LogP contribution in [0, 0.1) is 6.92 Å². The van der Waals surface area contributed by atoms with Crippen molar-refractivity contribution in [3.05, 3.63) is 76.2 Å². The van der Waals surface area contributed by atoms with Crippen molar-refractivity contribution in [2.45, 2.75) is 13.5 Å². The molecule has 3 aromatic rings. The minimum atomic E-state index is -0.570. The first kappa shape index (κ1) is 18.6. The molecule has 2 aromatic carbocycles. The van der Waals surface area contributed by atoms with Crippen molar-refractivity contribution < 1.29 is 19.1 Å². The van der Waals surface area contributed by atoms with Crippen LogP contribution >= 0.6 is 11.3 Å². The molecule has 7 heteroatoms. The zero-order valence-electron chi connectivity index (χ0n) is 14.7. The van der Waals surface area contributed by atoms with Gasteiger partial charge in [0, 0.05) is 11.1 Å². The number of thiazole rings is 1. The van der Waals surface area contributed by atoms with Crippen LogP contribution in [-0.4, -0.2) is 23.5 Å². The first-order chi connectivity index (χ1) is 13.1. The molecule has 27 heavy (non-hydrogen) atoms. The predicted molar refractivity (Wildman–Crippen MR) is 103 cm³/mol. The second-order valence-electron chi connectivity index (χ2n) is 5.66. The van der Waals surface area contributed by atoms with Crippen LogP contribution in [0.15, 0.2) is 60.0 Å². The standard InChI is InChI=1S/C20H18N2O4S/c1-14-21-17(13-27-14)11-25-18-9-7-15(8-10-18)20(24)26-12-19(23)22-16-5-3-2-4-6-16/h2-10,13H,11-12H2,1H3,(H,22,23). The third-order valence-electron chi connectivity index (χ3n) is 3.54. The summed E-state index contributed by atoms with van der Waals surface area (Å²) in [7, 11) is 0. The molecule has 6 nitrogen and oxygen atoms in total. The smallest absolute Gasteiger partial charge is 0.338 e. The Hall–Kier alpha value is -3.19. The second-order valence-corrected chi connectivity index (χ2v) is 6.72. The highest BCUT2D eigenvalue weighted by Crippen LogP contribution is 2.16. The highest BCUT2D eigenvalue weighted by molar-refractivity contribution is 7.09. The number of hydrogen-bond donors (Lipinski definition) is 1. The second kappa shape index (κ2) is 8.95. The van der Waals surface area contributed by atoms with Crippen molar-refractivity contribution in [1.29, 1.82) is 0 Å². The molecule has 0 spiro atoms. The topological polar surface area (TPSA) is 77.5 Å². The SMILES string of the molecule is Cc1nc(COc2ccc(C(=O)OCC(=O)Nc3ccccc3)cc2)cs1. The first-order valence-corrected chi connectivity index (χ1v) is 9.14. The molecular formula is C20H18N2O4S. The third-order valence-corrected chi connectivity index (χ3v) is 4.36. The van der Waals surface area contributed by atoms with E-state index in [9.17, 15) is 9.59 Å². The molecule has 1 N–H and O–H groups in total. The maximum absolute atomic E-state index is 12.0. The maximum Gasteiger partial charge on any atom is 0.338 e. The molecule has 1 amide bonds. The Kier molecular flexibility index (Phi) is 6.17. The molecule has 0 fully saturated rings. The summed E-state index contributed by atoms with van der Waals surface area (Å²) in [5, 5.41) is 5.59. The van der Waals surface area contributed by atoms with Gasteiger partial charge in [0.1, 0.15) is 12.4 Å². The molecule has 0 aliphatic rings. The first-order valence-electron chi connectivity index (χ1n) is 8.26. The fraction of sp³-hybridized carbons (Fsp3) is 0.150. The van der Waals surface area contributed by atoms with Crippen LogP contribution in [-0.2, 0) is 16.1 Å². The number of nitrogens with zero attached hydrogens (tertiary/aromatic N) is 1. The number of rotatable bonds is 7. The minimum Gasteiger partial charge on any atom is -0.487 e. The molecule has 3 rings (SSSR count). The number of aromatic nitrogens is 1. The van der Waals surface area contributed by atoms with Gasteiger partial charge in [0.15, 0.2) is 6.61 Å². The molecule has 0 aliphatic heterocycles. The Labute approximate surface area is 160 Å². The van der Waals surface area contributed by atoms with Gasteiger partial charge in [-0.3, -0.25) is 4.79 Å². The van der Waals surface area contributed by atoms with Gasteiger partial charge in [-0.25, -0.2) is 9.78 Å². The van der Waals surface area contributed by atoms with Gasteiger partial charge >= 0.3 is 5.97 Å². The molecule has 0 unspecified atom stereocenters. The van der Waals surface area contributed by atoms with Gasteiger partial charge in [0.25, 0.3) is 5.91 Å². The van der Waals surface area contributed by atoms with Gasteiger partial charge < -0.3 is 14.8 Å². The van der Waals surface area contributed by atoms with E-state index in [0.717, 1.165) is 10.7 Å². The van der Waals surface area contributed by atoms with Crippen molar-refractivity contribution in [1.82, 2.24) is 4.98 Å². The molecule has 1 aromatic heterocycles. The summed E-state index contributed by atoms with van der Waals surface area (Å²) in [5.74, 6) is -0.341. The Balaban J connectivity index is 1.46. The summed E-state index contributed by atoms with van der Waals surface area (Å²) in [6.45, 7) is 1.96. The highest BCUT2D eigenvalue weighted by Gasteiger charge is 2.11. The molecule has 0 atom stereocenters. The van der Waals surface area contributed by atoms with E-state index in [-0.39, 0.29) is 6.61 Å². The summed E-state index contributed by atoms with van der Waals surface area (Å²) < 4.78 is 10.7. The Morgan fingerprint density at radius 3 is 2.48 bits per heavy atom. The van der Waals surface area contributed by atoms with Crippen LogP contribution < -0.4 is 10.1 Å². The number of carbonyl (C=O) groups excluding carboxylic acids is 2. The molecule has 138 valence electrons. The number of para-hydroxylation sites is 1. The largest absolute Gasteiger partial charge is 0.487 e. The number of hydrogen-bond acceptors (Lipinski definition) is 6. The van der Waals surface area contributed by atoms with Crippen LogP contribution in [0.1, 0.15) is 21.1 Å². The van der Waals surface area contributed by atoms with E-state index < -0.39 is 11.9 Å². The van der Waals surface area contributed by atoms with E-state index in [4.69, 9.17) is 9.47 Å². The van der Waals surface area contributed by atoms with Gasteiger partial charge in [0.2, 0.25) is 0 Å². The van der Waals surface area contributed by atoms with Crippen LogP contribution in [0.3, 0.4) is 0 Å². The normalized spacial score (nSPS) is 10.3. The molecule has 0 bridgehead atoms. The van der Waals surface area contributed by atoms with E-state index in [2.05, 4.69) is 10.3 Å². The quantitative estimate of drug-likeness (QED) is 0.629. The van der Waals surface area contributed by atoms with Crippen molar-refractivity contribution >= 4 is 28.9 Å². The number of ether oxygens (including phenoxy) is 2. The summed E-state index contributed by atoms with van der Waals surface area (Å²) >= 11 is 1.57. The van der Waals surface area contributed by atoms with Crippen LogP contribution in [0.4, 0.5) is 5.69 Å². The fourth-order valence-corrected chi connectivity index (χ4v) is 2.85. The zero-order valence-corrected chi connectivity index (χ0v) is 15.5. The van der Waals surface area contributed by atoms with Crippen LogP contribution in [0.25, 0.3) is 0 Å². The molecule has 1 heterocycles. The fourth-order valence-electron chi connectivity index (χ4n) is 2.25. The molecular weight excluding hydrogens is 364 g/mol. The summed E-state index contributed by atoms with van der Waals surface area (Å²) in [5.41, 5.74) is 1.86. The van der Waals surface area contributed by atoms with Gasteiger partial charge in [-0.1, -0.05) is 18.2 Å². The monoisotopic (exact) mass is 382 g/mol. The number of carbonyl (C=O) groups is 2. The highest BCUT2D eigenvalue weighted by atomic mass is 32.1. The van der Waals surface area contributed by atoms with E-state index in [1.165, 1.54) is 0 Å². The van der Waals surface area contributed by atoms with Gasteiger partial charge in [-0.2, -0.15) is 0 Å². The molecule has 0 radical (unpaired) electrons. The minimum absolute atomic E-state index is 0.347. The lowest BCUT2D eigenvalue weighted by Gasteiger charge is -2.08. The van der Waals surface area contributed by atoms with Crippen LogP contribution in [0.5, 0.6) is 5.75 Å². The van der Waals surface area contributed by atoms with Crippen LogP contribution in [0.2, 0.25) is 0 Å². The van der Waals surface area contributed by atoms with E-state index in [1.54, 1.807) is 59.9 Å². The van der Waals surface area contributed by atoms with Crippen molar-refractivity contribution in [3.63, 3.8) is 0 Å². The summed E-state index contributed by atoms with van der Waals surface area (Å²) in [4.78, 5) is 28.2. The molecule has 0 saturated heterocycles. The number of benzene rings is 2. The Bertz CT molecular complexity index is 907. The average molecular weight is 382 g/mol. The number of amides is 1. The third kappa shape index (κ3) is 5.65. The number of aryl methyl sites for hydroxylation is 1. The van der Waals surface area contributed by atoms with E-state index >= 15 is 0 Å². The lowest BCUT2D eigenvalue weighted by Crippen LogP contribution is -2.20. The van der Waals surface area contributed by atoms with Gasteiger partial charge in [0.05, 0.1) is 16.3 Å².